The lowest BCUT2D eigenvalue weighted by molar-refractivity contribution is -0.114. The molecule has 0 radical (unpaired) electrons. The lowest BCUT2D eigenvalue weighted by Crippen LogP contribution is -2.06. The molecule has 0 saturated heterocycles. The molecule has 26 heavy (non-hydrogen) atoms. The van der Waals surface area contributed by atoms with Gasteiger partial charge in [-0.15, -0.1) is 0 Å². The number of nitrogens with one attached hydrogen (secondary N) is 2. The van der Waals surface area contributed by atoms with Crippen LogP contribution in [0, 0.1) is 5.82 Å². The molecule has 0 atom stereocenters. The van der Waals surface area contributed by atoms with E-state index in [1.807, 2.05) is 30.3 Å². The van der Waals surface area contributed by atoms with Gasteiger partial charge in [-0.3, -0.25) is 4.79 Å². The molecule has 0 spiro atoms. The Kier molecular flexibility index (Phi) is 5.23. The van der Waals surface area contributed by atoms with Gasteiger partial charge in [-0.1, -0.05) is 28.1 Å². The molecule has 1 amide bonds. The minimum absolute atomic E-state index is 0.171. The summed E-state index contributed by atoms with van der Waals surface area (Å²) in [6, 6.07) is 17.3. The zero-order valence-corrected chi connectivity index (χ0v) is 15.6. The van der Waals surface area contributed by atoms with Gasteiger partial charge in [-0.05, 0) is 59.7 Å². The molecule has 132 valence electrons. The monoisotopic (exact) mass is 413 g/mol. The van der Waals surface area contributed by atoms with Crippen molar-refractivity contribution in [1.29, 1.82) is 0 Å². The van der Waals surface area contributed by atoms with Crippen LogP contribution in [0.15, 0.2) is 65.1 Å². The number of rotatable bonds is 4. The summed E-state index contributed by atoms with van der Waals surface area (Å²) in [6.07, 6.45) is 0. The number of halogens is 2. The largest absolute Gasteiger partial charge is 0.397 e. The van der Waals surface area contributed by atoms with Crippen molar-refractivity contribution in [3.05, 3.63) is 71.0 Å². The van der Waals surface area contributed by atoms with Gasteiger partial charge in [0, 0.05) is 22.8 Å². The Balaban J connectivity index is 2.01. The second-order valence-corrected chi connectivity index (χ2v) is 6.76. The van der Waals surface area contributed by atoms with E-state index in [-0.39, 0.29) is 11.7 Å². The first-order valence-corrected chi connectivity index (χ1v) is 8.71. The van der Waals surface area contributed by atoms with Gasteiger partial charge < -0.3 is 16.4 Å². The van der Waals surface area contributed by atoms with Gasteiger partial charge in [0.1, 0.15) is 5.82 Å². The fraction of sp³-hybridized carbons (Fsp3) is 0.0500. The van der Waals surface area contributed by atoms with E-state index in [9.17, 15) is 9.18 Å². The van der Waals surface area contributed by atoms with E-state index >= 15 is 0 Å². The standard InChI is InChI=1S/C20H17BrFN3O/c1-12(26)24-17-8-14(13-2-5-16(22)6-3-13)9-18(11-17)25-20-7-4-15(21)10-19(20)23/h2-11,25H,23H2,1H3,(H,24,26). The SMILES string of the molecule is CC(=O)Nc1cc(Nc2ccc(Br)cc2N)cc(-c2ccc(F)cc2)c1. The summed E-state index contributed by atoms with van der Waals surface area (Å²) in [5, 5.41) is 6.05. The van der Waals surface area contributed by atoms with Crippen LogP contribution in [0.25, 0.3) is 11.1 Å². The lowest BCUT2D eigenvalue weighted by atomic mass is 10.0. The summed E-state index contributed by atoms with van der Waals surface area (Å²) in [4.78, 5) is 11.5. The highest BCUT2D eigenvalue weighted by Crippen LogP contribution is 2.31. The minimum atomic E-state index is -0.298. The van der Waals surface area contributed by atoms with Crippen LogP contribution in [0.5, 0.6) is 0 Å². The number of nitrogens with two attached hydrogens (primary N) is 1. The third kappa shape index (κ3) is 4.40. The molecule has 6 heteroatoms. The maximum Gasteiger partial charge on any atom is 0.221 e. The Morgan fingerprint density at radius 1 is 0.962 bits per heavy atom. The highest BCUT2D eigenvalue weighted by molar-refractivity contribution is 9.10. The average Bonchev–Trinajstić information content (AvgIpc) is 2.57. The van der Waals surface area contributed by atoms with Crippen LogP contribution in [0.3, 0.4) is 0 Å². The summed E-state index contributed by atoms with van der Waals surface area (Å²) in [7, 11) is 0. The van der Waals surface area contributed by atoms with Crippen LogP contribution in [0.2, 0.25) is 0 Å². The number of hydrogen-bond acceptors (Lipinski definition) is 3. The van der Waals surface area contributed by atoms with Crippen molar-refractivity contribution in [3.63, 3.8) is 0 Å². The molecule has 0 aliphatic carbocycles. The second kappa shape index (κ2) is 7.58. The molecule has 3 aromatic carbocycles. The first kappa shape index (κ1) is 17.9. The number of nitrogen functional groups attached to an aromatic ring is 1. The first-order valence-electron chi connectivity index (χ1n) is 7.91. The maximum atomic E-state index is 13.2. The number of benzene rings is 3. The van der Waals surface area contributed by atoms with Gasteiger partial charge in [0.05, 0.1) is 11.4 Å². The minimum Gasteiger partial charge on any atom is -0.397 e. The van der Waals surface area contributed by atoms with Crippen molar-refractivity contribution in [2.45, 2.75) is 6.92 Å². The number of hydrogen-bond donors (Lipinski definition) is 3. The Hall–Kier alpha value is -2.86. The first-order chi connectivity index (χ1) is 12.4. The van der Waals surface area contributed by atoms with E-state index in [0.717, 1.165) is 27.0 Å². The van der Waals surface area contributed by atoms with Gasteiger partial charge in [-0.2, -0.15) is 0 Å². The van der Waals surface area contributed by atoms with Gasteiger partial charge >= 0.3 is 0 Å². The fourth-order valence-electron chi connectivity index (χ4n) is 2.59. The summed E-state index contributed by atoms with van der Waals surface area (Å²) in [5.41, 5.74) is 10.5. The quantitative estimate of drug-likeness (QED) is 0.491. The summed E-state index contributed by atoms with van der Waals surface area (Å²) < 4.78 is 14.1. The van der Waals surface area contributed by atoms with Crippen LogP contribution < -0.4 is 16.4 Å². The lowest BCUT2D eigenvalue weighted by Gasteiger charge is -2.14. The van der Waals surface area contributed by atoms with Crippen LogP contribution in [0.1, 0.15) is 6.92 Å². The van der Waals surface area contributed by atoms with Crippen molar-refractivity contribution in [3.8, 4) is 11.1 Å². The van der Waals surface area contributed by atoms with E-state index in [2.05, 4.69) is 26.6 Å². The molecular weight excluding hydrogens is 397 g/mol. The van der Waals surface area contributed by atoms with E-state index in [1.54, 1.807) is 18.2 Å². The van der Waals surface area contributed by atoms with Gasteiger partial charge in [0.2, 0.25) is 5.91 Å². The molecule has 0 aromatic heterocycles. The van der Waals surface area contributed by atoms with Crippen molar-refractivity contribution >= 4 is 44.6 Å². The van der Waals surface area contributed by atoms with Crippen LogP contribution in [-0.4, -0.2) is 5.91 Å². The second-order valence-electron chi connectivity index (χ2n) is 5.84. The molecular formula is C20H17BrFN3O. The third-order valence-corrected chi connectivity index (χ3v) is 4.22. The molecule has 3 rings (SSSR count). The van der Waals surface area contributed by atoms with Crippen molar-refractivity contribution < 1.29 is 9.18 Å². The zero-order valence-electron chi connectivity index (χ0n) is 14.0. The highest BCUT2D eigenvalue weighted by Gasteiger charge is 2.07. The number of amides is 1. The topological polar surface area (TPSA) is 67.2 Å². The smallest absolute Gasteiger partial charge is 0.221 e. The van der Waals surface area contributed by atoms with Crippen LogP contribution >= 0.6 is 15.9 Å². The number of carbonyl (C=O) groups excluding carboxylic acids is 1. The number of anilines is 4. The molecule has 0 aliphatic rings. The van der Waals surface area contributed by atoms with Gasteiger partial charge in [0.15, 0.2) is 0 Å². The zero-order chi connectivity index (χ0) is 18.7. The fourth-order valence-corrected chi connectivity index (χ4v) is 2.97. The van der Waals surface area contributed by atoms with E-state index in [0.29, 0.717) is 11.4 Å². The molecule has 3 aromatic rings. The maximum absolute atomic E-state index is 13.2. The number of carbonyl (C=O) groups is 1. The molecule has 0 bridgehead atoms. The van der Waals surface area contributed by atoms with E-state index in [1.165, 1.54) is 19.1 Å². The van der Waals surface area contributed by atoms with Crippen LogP contribution in [-0.2, 0) is 4.79 Å². The average molecular weight is 414 g/mol. The predicted molar refractivity (Wildman–Crippen MR) is 108 cm³/mol. The van der Waals surface area contributed by atoms with Gasteiger partial charge in [-0.25, -0.2) is 4.39 Å². The van der Waals surface area contributed by atoms with E-state index in [4.69, 9.17) is 5.73 Å². The third-order valence-electron chi connectivity index (χ3n) is 3.72. The molecule has 0 heterocycles. The van der Waals surface area contributed by atoms with E-state index < -0.39 is 0 Å². The van der Waals surface area contributed by atoms with Crippen LogP contribution in [0.4, 0.5) is 27.1 Å². The Morgan fingerprint density at radius 2 is 1.65 bits per heavy atom. The molecule has 4 nitrogen and oxygen atoms in total. The van der Waals surface area contributed by atoms with Crippen molar-refractivity contribution in [1.82, 2.24) is 0 Å². The normalized spacial score (nSPS) is 10.4. The van der Waals surface area contributed by atoms with Crippen molar-refractivity contribution in [2.75, 3.05) is 16.4 Å². The summed E-state index contributed by atoms with van der Waals surface area (Å²) >= 11 is 3.38. The molecule has 0 fully saturated rings. The Morgan fingerprint density at radius 3 is 2.31 bits per heavy atom. The molecule has 0 saturated carbocycles. The summed E-state index contributed by atoms with van der Waals surface area (Å²) in [6.45, 7) is 1.45. The highest BCUT2D eigenvalue weighted by atomic mass is 79.9. The summed E-state index contributed by atoms with van der Waals surface area (Å²) in [5.74, 6) is -0.469. The van der Waals surface area contributed by atoms with Gasteiger partial charge in [0.25, 0.3) is 0 Å². The Bertz CT molecular complexity index is 958. The predicted octanol–water partition coefficient (Wildman–Crippen LogP) is 5.54. The molecule has 0 unspecified atom stereocenters. The van der Waals surface area contributed by atoms with Crippen molar-refractivity contribution in [2.24, 2.45) is 0 Å². The Labute approximate surface area is 159 Å². The molecule has 4 N–H and O–H groups in total. The molecule has 0 aliphatic heterocycles.